The molecule has 7 aromatic rings. The average Bonchev–Trinajstić information content (AvgIpc) is 3.36. The SMILES string of the molecule is CC.Cc1ccccc1.Cc1ccccc1Sc1cc2c(cc1C)c1cc3c(cc1n2C)C(C)(C)c1ccccc1N3c1ccccc1. The van der Waals surface area contributed by atoms with E-state index in [0.717, 1.165) is 0 Å². The minimum atomic E-state index is -0.121. The first-order chi connectivity index (χ1) is 23.2. The summed E-state index contributed by atoms with van der Waals surface area (Å²) in [6.07, 6.45) is 0. The van der Waals surface area contributed by atoms with Crippen LogP contribution in [0.5, 0.6) is 0 Å². The molecule has 2 nitrogen and oxygen atoms in total. The van der Waals surface area contributed by atoms with Crippen molar-refractivity contribution in [2.45, 2.75) is 63.7 Å². The number of rotatable bonds is 3. The van der Waals surface area contributed by atoms with Gasteiger partial charge in [0, 0.05) is 49.7 Å². The number of nitrogens with zero attached hydrogens (tertiary/aromatic N) is 2. The quantitative estimate of drug-likeness (QED) is 0.189. The summed E-state index contributed by atoms with van der Waals surface area (Å²) in [6.45, 7) is 15.2. The summed E-state index contributed by atoms with van der Waals surface area (Å²) in [7, 11) is 2.22. The van der Waals surface area contributed by atoms with Crippen LogP contribution < -0.4 is 4.90 Å². The van der Waals surface area contributed by atoms with E-state index < -0.39 is 0 Å². The van der Waals surface area contributed by atoms with Gasteiger partial charge in [-0.2, -0.15) is 0 Å². The third-order valence-electron chi connectivity index (χ3n) is 9.42. The van der Waals surface area contributed by atoms with Gasteiger partial charge in [-0.15, -0.1) is 0 Å². The van der Waals surface area contributed by atoms with E-state index in [1.165, 1.54) is 76.5 Å². The fourth-order valence-electron chi connectivity index (χ4n) is 6.82. The first-order valence-corrected chi connectivity index (χ1v) is 17.8. The van der Waals surface area contributed by atoms with E-state index in [4.69, 9.17) is 0 Å². The van der Waals surface area contributed by atoms with Crippen LogP contribution >= 0.6 is 11.8 Å². The molecule has 3 heteroatoms. The van der Waals surface area contributed by atoms with Crippen LogP contribution in [-0.4, -0.2) is 4.57 Å². The molecule has 0 bridgehead atoms. The van der Waals surface area contributed by atoms with Gasteiger partial charge in [-0.05, 0) is 91.6 Å². The van der Waals surface area contributed by atoms with Gasteiger partial charge in [-0.3, -0.25) is 0 Å². The van der Waals surface area contributed by atoms with Gasteiger partial charge in [-0.1, -0.05) is 130 Å². The maximum atomic E-state index is 2.45. The Bertz CT molecular complexity index is 2190. The second kappa shape index (κ2) is 13.8. The van der Waals surface area contributed by atoms with Crippen LogP contribution in [0.3, 0.4) is 0 Å². The highest BCUT2D eigenvalue weighted by Crippen LogP contribution is 2.53. The summed E-state index contributed by atoms with van der Waals surface area (Å²) in [4.78, 5) is 5.07. The number of aryl methyl sites for hydroxylation is 4. The van der Waals surface area contributed by atoms with Crippen LogP contribution in [0.2, 0.25) is 0 Å². The number of hydrogen-bond donors (Lipinski definition) is 0. The van der Waals surface area contributed by atoms with Crippen molar-refractivity contribution >= 4 is 50.6 Å². The van der Waals surface area contributed by atoms with Crippen molar-refractivity contribution in [3.63, 3.8) is 0 Å². The Labute approximate surface area is 291 Å². The molecule has 0 saturated heterocycles. The van der Waals surface area contributed by atoms with E-state index in [-0.39, 0.29) is 5.41 Å². The molecule has 0 unspecified atom stereocenters. The third kappa shape index (κ3) is 6.04. The molecule has 48 heavy (non-hydrogen) atoms. The minimum absolute atomic E-state index is 0.121. The monoisotopic (exact) mass is 646 g/mol. The summed E-state index contributed by atoms with van der Waals surface area (Å²) in [5, 5.41) is 2.62. The molecular formula is C45H46N2S. The molecule has 2 heterocycles. The van der Waals surface area contributed by atoms with Crippen LogP contribution in [0.25, 0.3) is 21.8 Å². The first-order valence-electron chi connectivity index (χ1n) is 17.0. The summed E-state index contributed by atoms with van der Waals surface area (Å²) in [5.74, 6) is 0. The number of anilines is 3. The zero-order valence-corrected chi connectivity index (χ0v) is 30.3. The number of hydrogen-bond acceptors (Lipinski definition) is 2. The predicted octanol–water partition coefficient (Wildman–Crippen LogP) is 13.2. The molecule has 0 N–H and O–H groups in total. The smallest absolute Gasteiger partial charge is 0.0510 e. The Hall–Kier alpha value is -4.73. The Kier molecular flexibility index (Phi) is 9.53. The molecule has 0 atom stereocenters. The lowest BCUT2D eigenvalue weighted by atomic mass is 9.73. The van der Waals surface area contributed by atoms with Crippen LogP contribution in [0, 0.1) is 20.8 Å². The maximum Gasteiger partial charge on any atom is 0.0510 e. The van der Waals surface area contributed by atoms with Gasteiger partial charge in [0.1, 0.15) is 0 Å². The van der Waals surface area contributed by atoms with Crippen molar-refractivity contribution in [2.75, 3.05) is 4.90 Å². The van der Waals surface area contributed by atoms with Crippen molar-refractivity contribution in [3.05, 3.63) is 161 Å². The van der Waals surface area contributed by atoms with Crippen LogP contribution in [-0.2, 0) is 12.5 Å². The lowest BCUT2D eigenvalue weighted by molar-refractivity contribution is 0.632. The molecule has 0 radical (unpaired) electrons. The van der Waals surface area contributed by atoms with Crippen LogP contribution in [0.1, 0.15) is 55.5 Å². The number of para-hydroxylation sites is 2. The van der Waals surface area contributed by atoms with Gasteiger partial charge < -0.3 is 9.47 Å². The molecule has 1 aromatic heterocycles. The average molecular weight is 647 g/mol. The third-order valence-corrected chi connectivity index (χ3v) is 10.8. The van der Waals surface area contributed by atoms with Gasteiger partial charge in [-0.25, -0.2) is 0 Å². The van der Waals surface area contributed by atoms with E-state index >= 15 is 0 Å². The molecule has 242 valence electrons. The van der Waals surface area contributed by atoms with E-state index in [0.29, 0.717) is 0 Å². The van der Waals surface area contributed by atoms with E-state index in [1.54, 1.807) is 0 Å². The first kappa shape index (κ1) is 33.2. The summed E-state index contributed by atoms with van der Waals surface area (Å²) in [5.41, 5.74) is 12.8. The summed E-state index contributed by atoms with van der Waals surface area (Å²) < 4.78 is 2.38. The molecule has 1 aliphatic heterocycles. The summed E-state index contributed by atoms with van der Waals surface area (Å²) >= 11 is 1.87. The maximum absolute atomic E-state index is 2.45. The topological polar surface area (TPSA) is 8.17 Å². The highest BCUT2D eigenvalue weighted by Gasteiger charge is 2.37. The molecule has 1 aliphatic rings. The van der Waals surface area contributed by atoms with Gasteiger partial charge in [0.15, 0.2) is 0 Å². The normalized spacial score (nSPS) is 12.8. The van der Waals surface area contributed by atoms with Gasteiger partial charge in [0.05, 0.1) is 11.4 Å². The molecule has 0 aliphatic carbocycles. The fraction of sp³-hybridized carbons (Fsp3) is 0.200. The van der Waals surface area contributed by atoms with Gasteiger partial charge in [0.2, 0.25) is 0 Å². The Morgan fingerprint density at radius 2 is 1.10 bits per heavy atom. The van der Waals surface area contributed by atoms with Crippen molar-refractivity contribution in [1.82, 2.24) is 4.57 Å². The lowest BCUT2D eigenvalue weighted by Crippen LogP contribution is -2.30. The minimum Gasteiger partial charge on any atom is -0.344 e. The van der Waals surface area contributed by atoms with Crippen LogP contribution in [0.4, 0.5) is 17.1 Å². The Balaban J connectivity index is 0.000000393. The molecule has 0 fully saturated rings. The van der Waals surface area contributed by atoms with Crippen molar-refractivity contribution in [1.29, 1.82) is 0 Å². The van der Waals surface area contributed by atoms with Gasteiger partial charge >= 0.3 is 0 Å². The number of aromatic nitrogens is 1. The largest absolute Gasteiger partial charge is 0.344 e. The van der Waals surface area contributed by atoms with Crippen molar-refractivity contribution in [2.24, 2.45) is 7.05 Å². The predicted molar refractivity (Wildman–Crippen MR) is 210 cm³/mol. The Morgan fingerprint density at radius 3 is 1.77 bits per heavy atom. The van der Waals surface area contributed by atoms with E-state index in [9.17, 15) is 0 Å². The lowest BCUT2D eigenvalue weighted by Gasteiger charge is -2.42. The van der Waals surface area contributed by atoms with E-state index in [2.05, 4.69) is 166 Å². The molecule has 0 saturated carbocycles. The highest BCUT2D eigenvalue weighted by atomic mass is 32.2. The zero-order valence-electron chi connectivity index (χ0n) is 29.5. The van der Waals surface area contributed by atoms with Crippen molar-refractivity contribution < 1.29 is 0 Å². The molecule has 8 rings (SSSR count). The summed E-state index contributed by atoms with van der Waals surface area (Å²) in [6, 6.07) is 48.2. The van der Waals surface area contributed by atoms with Gasteiger partial charge in [0.25, 0.3) is 0 Å². The highest BCUT2D eigenvalue weighted by molar-refractivity contribution is 7.99. The van der Waals surface area contributed by atoms with E-state index in [1.807, 2.05) is 43.8 Å². The second-order valence-electron chi connectivity index (χ2n) is 12.9. The number of fused-ring (bicyclic) bond motifs is 5. The number of benzene rings is 6. The zero-order chi connectivity index (χ0) is 34.0. The molecular weight excluding hydrogens is 601 g/mol. The fourth-order valence-corrected chi connectivity index (χ4v) is 7.82. The molecule has 0 amide bonds. The van der Waals surface area contributed by atoms with Crippen LogP contribution in [0.15, 0.2) is 143 Å². The standard InChI is InChI=1S/C36H32N2S.C7H8.C2H6/c1-23-13-9-12-18-34(23)39-35-22-32-26(19-24(35)2)27-20-33-29(21-31(27)37(32)5)36(3,4)28-16-10-11-17-30(28)38(33)25-14-7-6-8-15-25;1-7-5-3-2-4-6-7;1-2/h6-22H,1-5H3;2-6H,1H3;1-2H3. The molecule has 6 aromatic carbocycles. The molecule has 0 spiro atoms. The second-order valence-corrected chi connectivity index (χ2v) is 14.0. The van der Waals surface area contributed by atoms with Crippen molar-refractivity contribution in [3.8, 4) is 0 Å². The Morgan fingerprint density at radius 1 is 0.521 bits per heavy atom.